The van der Waals surface area contributed by atoms with E-state index in [-0.39, 0.29) is 0 Å². The van der Waals surface area contributed by atoms with Crippen LogP contribution in [-0.2, 0) is 61.1 Å². The SMILES string of the molecule is N[C@@H]1[C@@H](O)[C@H](O)[C@@H](CO[C@@H]2O[C@H](CO[C@]3(C(=O)O)C[C@@H](O[C@]4(C(=O)O)C[C@@H](O)[C@@H](O)[C@@H]([C@H](O)CO)O4)[C@@H](O)[C@@H]([C@H](O)CO)O3)[C@@H](OP(=O)(O)O[C@H]3O[C@H](CO)[C@H](O)[C@H](O)[C@H]3O)[C@H](O)[C@H]2N)O[C@@H]1O. The van der Waals surface area contributed by atoms with Gasteiger partial charge in [0.25, 0.3) is 11.6 Å². The highest BCUT2D eigenvalue weighted by atomic mass is 31.2. The molecular formula is C34H59N2O31P. The quantitative estimate of drug-likeness (QED) is 0.0534. The molecule has 0 bridgehead atoms. The number of phosphoric acid groups is 1. The Morgan fingerprint density at radius 1 is 0.632 bits per heavy atom. The molecule has 5 saturated heterocycles. The van der Waals surface area contributed by atoms with Gasteiger partial charge in [-0.15, -0.1) is 0 Å². The third-order valence-electron chi connectivity index (χ3n) is 11.9. The lowest BCUT2D eigenvalue weighted by atomic mass is 9.90. The predicted molar refractivity (Wildman–Crippen MR) is 204 cm³/mol. The fraction of sp³-hybridized carbons (Fsp3) is 0.941. The van der Waals surface area contributed by atoms with Crippen molar-refractivity contribution in [1.29, 1.82) is 0 Å². The molecule has 0 aliphatic carbocycles. The van der Waals surface area contributed by atoms with E-state index >= 15 is 0 Å². The minimum absolute atomic E-state index is 0.833. The molecule has 34 heteroatoms. The summed E-state index contributed by atoms with van der Waals surface area (Å²) in [5.74, 6) is -10.8. The summed E-state index contributed by atoms with van der Waals surface area (Å²) in [4.78, 5) is 36.8. The number of nitrogens with two attached hydrogens (primary N) is 2. The van der Waals surface area contributed by atoms with Crippen LogP contribution in [0, 0.1) is 0 Å². The second-order valence-corrected chi connectivity index (χ2v) is 18.0. The molecule has 26 atom stereocenters. The van der Waals surface area contributed by atoms with E-state index in [1.54, 1.807) is 0 Å². The number of rotatable bonds is 19. The van der Waals surface area contributed by atoms with E-state index in [2.05, 4.69) is 0 Å². The van der Waals surface area contributed by atoms with Crippen LogP contribution in [-0.4, -0.2) is 289 Å². The molecule has 5 aliphatic rings. The first-order valence-corrected chi connectivity index (χ1v) is 22.1. The normalized spacial score (nSPS) is 47.7. The van der Waals surface area contributed by atoms with Crippen LogP contribution >= 0.6 is 7.82 Å². The maximum Gasteiger partial charge on any atom is 0.475 e. The van der Waals surface area contributed by atoms with E-state index in [4.69, 9.17) is 58.4 Å². The summed E-state index contributed by atoms with van der Waals surface area (Å²) in [6.07, 6.45) is -46.3. The largest absolute Gasteiger partial charge is 0.477 e. The topological polar surface area (TPSA) is 560 Å². The molecule has 5 heterocycles. The highest BCUT2D eigenvalue weighted by Gasteiger charge is 2.62. The molecule has 5 fully saturated rings. The zero-order valence-corrected chi connectivity index (χ0v) is 36.1. The van der Waals surface area contributed by atoms with Crippen LogP contribution in [0.3, 0.4) is 0 Å². The van der Waals surface area contributed by atoms with Gasteiger partial charge in [-0.1, -0.05) is 0 Å². The van der Waals surface area contributed by atoms with Gasteiger partial charge in [0, 0.05) is 12.8 Å². The Bertz CT molecular complexity index is 1730. The van der Waals surface area contributed by atoms with Crippen LogP contribution in [0.25, 0.3) is 0 Å². The van der Waals surface area contributed by atoms with Gasteiger partial charge >= 0.3 is 19.8 Å². The molecule has 22 N–H and O–H groups in total. The van der Waals surface area contributed by atoms with Crippen LogP contribution in [0.2, 0.25) is 0 Å². The first kappa shape index (κ1) is 57.0. The van der Waals surface area contributed by atoms with Crippen molar-refractivity contribution in [2.45, 2.75) is 165 Å². The summed E-state index contributed by atoms with van der Waals surface area (Å²) in [7, 11) is -5.81. The lowest BCUT2D eigenvalue weighted by molar-refractivity contribution is -0.378. The summed E-state index contributed by atoms with van der Waals surface area (Å²) in [6, 6.07) is -3.37. The Morgan fingerprint density at radius 3 is 1.76 bits per heavy atom. The lowest BCUT2D eigenvalue weighted by Gasteiger charge is -2.50. The standard InChI is InChI=1S/C34H59N2O31P/c35-15-21(47)19(45)13(60-28(15)51)6-58-29-16(36)22(48)27(66-68(56,57)67-30-24(50)23(49)18(44)12(5-39)61-30)14(62-29)7-59-33(31(52)53)2-11(20(46)26(64-33)10(42)4-38)63-34(32(54)55)1-8(40)17(43)25(65-34)9(41)3-37/h8-30,37-51H,1-7,35-36H2,(H,52,53)(H,54,55)(H,56,57)/t8-,9-,10-,11-,12-,13-,14-,15-,16-,17-,18+,19-,20-,21-,22-,23+,24-,25-,26-,27-,28+,29-,30-,33-,34-/m1/s1. The van der Waals surface area contributed by atoms with Crippen LogP contribution in [0.4, 0.5) is 0 Å². The fourth-order valence-electron chi connectivity index (χ4n) is 7.95. The van der Waals surface area contributed by atoms with Crippen molar-refractivity contribution < 1.29 is 153 Å². The maximum absolute atomic E-state index is 13.5. The Balaban J connectivity index is 1.48. The third kappa shape index (κ3) is 11.9. The number of hydrogen-bond donors (Lipinski definition) is 20. The zero-order chi connectivity index (χ0) is 51.0. The van der Waals surface area contributed by atoms with Crippen molar-refractivity contribution in [2.24, 2.45) is 11.5 Å². The van der Waals surface area contributed by atoms with Gasteiger partial charge in [-0.2, -0.15) is 0 Å². The van der Waals surface area contributed by atoms with Crippen LogP contribution in [0.15, 0.2) is 0 Å². The van der Waals surface area contributed by atoms with Gasteiger partial charge in [0.05, 0.1) is 57.3 Å². The number of carboxylic acid groups (broad SMARTS) is 2. The molecule has 0 aromatic carbocycles. The number of aliphatic hydroxyl groups is 15. The Labute approximate surface area is 382 Å². The van der Waals surface area contributed by atoms with Gasteiger partial charge in [0.1, 0.15) is 97.7 Å². The summed E-state index contributed by atoms with van der Waals surface area (Å²) >= 11 is 0. The molecule has 396 valence electrons. The number of aliphatic carboxylic acids is 2. The van der Waals surface area contributed by atoms with Gasteiger partial charge in [-0.3, -0.25) is 9.05 Å². The zero-order valence-electron chi connectivity index (χ0n) is 35.2. The van der Waals surface area contributed by atoms with Crippen molar-refractivity contribution in [3.63, 3.8) is 0 Å². The van der Waals surface area contributed by atoms with Crippen LogP contribution < -0.4 is 11.5 Å². The summed E-state index contributed by atoms with van der Waals surface area (Å²) in [6.45, 7) is -5.66. The summed E-state index contributed by atoms with van der Waals surface area (Å²) in [5, 5.41) is 176. The molecule has 0 spiro atoms. The van der Waals surface area contributed by atoms with E-state index in [1.165, 1.54) is 0 Å². The molecule has 1 unspecified atom stereocenters. The molecule has 0 saturated carbocycles. The minimum Gasteiger partial charge on any atom is -0.477 e. The summed E-state index contributed by atoms with van der Waals surface area (Å²) < 4.78 is 67.2. The highest BCUT2D eigenvalue weighted by Crippen LogP contribution is 2.50. The number of ether oxygens (including phenoxy) is 8. The van der Waals surface area contributed by atoms with Crippen molar-refractivity contribution in [2.75, 3.05) is 33.0 Å². The van der Waals surface area contributed by atoms with Crippen molar-refractivity contribution >= 4 is 19.8 Å². The van der Waals surface area contributed by atoms with Gasteiger partial charge in [0.2, 0.25) is 0 Å². The minimum atomic E-state index is -5.81. The Hall–Kier alpha value is -1.95. The molecule has 0 aromatic rings. The smallest absolute Gasteiger partial charge is 0.475 e. The average molecular weight is 1020 g/mol. The first-order chi connectivity index (χ1) is 31.7. The van der Waals surface area contributed by atoms with Gasteiger partial charge in [-0.05, 0) is 0 Å². The summed E-state index contributed by atoms with van der Waals surface area (Å²) in [5.41, 5.74) is 11.7. The first-order valence-electron chi connectivity index (χ1n) is 20.6. The number of hydrogen-bond acceptors (Lipinski definition) is 30. The Morgan fingerprint density at radius 2 is 1.19 bits per heavy atom. The predicted octanol–water partition coefficient (Wildman–Crippen LogP) is -12.2. The van der Waals surface area contributed by atoms with E-state index in [0.29, 0.717) is 0 Å². The molecule has 0 amide bonds. The molecule has 5 rings (SSSR count). The van der Waals surface area contributed by atoms with Crippen LogP contribution in [0.1, 0.15) is 12.8 Å². The number of carbonyl (C=O) groups is 2. The molecule has 5 aliphatic heterocycles. The molecule has 68 heavy (non-hydrogen) atoms. The third-order valence-corrected chi connectivity index (χ3v) is 12.9. The van der Waals surface area contributed by atoms with Gasteiger partial charge < -0.3 is 141 Å². The van der Waals surface area contributed by atoms with E-state index in [1.807, 2.05) is 0 Å². The molecule has 0 radical (unpaired) electrons. The monoisotopic (exact) mass is 1020 g/mol. The highest BCUT2D eigenvalue weighted by molar-refractivity contribution is 7.47. The van der Waals surface area contributed by atoms with Crippen molar-refractivity contribution in [1.82, 2.24) is 0 Å². The van der Waals surface area contributed by atoms with Crippen molar-refractivity contribution in [3.05, 3.63) is 0 Å². The maximum atomic E-state index is 13.5. The fourth-order valence-corrected chi connectivity index (χ4v) is 9.01. The van der Waals surface area contributed by atoms with E-state index < -0.39 is 218 Å². The van der Waals surface area contributed by atoms with Crippen molar-refractivity contribution in [3.8, 4) is 0 Å². The van der Waals surface area contributed by atoms with E-state index in [9.17, 15) is 106 Å². The molecule has 33 nitrogen and oxygen atoms in total. The second kappa shape index (κ2) is 22.9. The second-order valence-electron chi connectivity index (χ2n) is 16.6. The number of aliphatic hydroxyl groups excluding tert-OH is 15. The van der Waals surface area contributed by atoms with Crippen LogP contribution in [0.5, 0.6) is 0 Å². The molecular weight excluding hydrogens is 963 g/mol. The number of carboxylic acids is 2. The number of phosphoric ester groups is 1. The van der Waals surface area contributed by atoms with Gasteiger partial charge in [0.15, 0.2) is 18.9 Å². The molecule has 0 aromatic heterocycles. The van der Waals surface area contributed by atoms with Gasteiger partial charge in [-0.25, -0.2) is 14.2 Å². The Kier molecular flexibility index (Phi) is 19.1. The van der Waals surface area contributed by atoms with E-state index in [0.717, 1.165) is 0 Å². The lowest BCUT2D eigenvalue weighted by Crippen LogP contribution is -2.68. The average Bonchev–Trinajstić information content (AvgIpc) is 3.29.